The van der Waals surface area contributed by atoms with Crippen molar-refractivity contribution >= 4 is 47.4 Å². The van der Waals surface area contributed by atoms with E-state index in [1.807, 2.05) is 34.7 Å². The van der Waals surface area contributed by atoms with Crippen molar-refractivity contribution in [2.24, 2.45) is 67.0 Å². The number of alkyl halides is 1. The van der Waals surface area contributed by atoms with E-state index in [1.165, 1.54) is 39.5 Å². The number of nitrogens with zero attached hydrogens (tertiary/aromatic N) is 1. The third-order valence-corrected chi connectivity index (χ3v) is 17.9. The maximum Gasteiger partial charge on any atom is 0.312 e. The van der Waals surface area contributed by atoms with Gasteiger partial charge in [0.15, 0.2) is 0 Å². The summed E-state index contributed by atoms with van der Waals surface area (Å²) in [6.07, 6.45) is 14.4. The predicted molar refractivity (Wildman–Crippen MR) is 253 cm³/mol. The van der Waals surface area contributed by atoms with Gasteiger partial charge >= 0.3 is 35.8 Å². The number of aliphatic hydroxyl groups is 2. The lowest BCUT2D eigenvalue weighted by Crippen LogP contribution is -2.55. The fraction of sp³-hybridized carbons (Fsp3) is 0.880. The molecule has 0 aromatic carbocycles. The van der Waals surface area contributed by atoms with Crippen LogP contribution < -0.4 is 0 Å². The quantitative estimate of drug-likeness (QED) is 0.0949. The number of halogens is 1. The summed E-state index contributed by atoms with van der Waals surface area (Å²) in [5.41, 5.74) is -3.07. The smallest absolute Gasteiger partial charge is 0.312 e. The number of fused-ring (bicyclic) bond motifs is 4. The minimum absolute atomic E-state index is 0.0706. The highest BCUT2D eigenvalue weighted by atomic mass is 35.5. The molecule has 66 heavy (non-hydrogen) atoms. The van der Waals surface area contributed by atoms with Crippen LogP contribution >= 0.6 is 11.6 Å². The van der Waals surface area contributed by atoms with Crippen molar-refractivity contribution in [3.05, 3.63) is 0 Å². The van der Waals surface area contributed by atoms with Crippen LogP contribution in [0.4, 0.5) is 0 Å². The highest BCUT2D eigenvalue weighted by molar-refractivity contribution is 6.19. The Labute approximate surface area is 399 Å². The molecule has 0 amide bonds. The first-order valence-corrected chi connectivity index (χ1v) is 24.5. The van der Waals surface area contributed by atoms with Crippen molar-refractivity contribution < 1.29 is 69.6 Å². The summed E-state index contributed by atoms with van der Waals surface area (Å²) in [5, 5.41) is 69.9. The van der Waals surface area contributed by atoms with E-state index in [1.54, 1.807) is 6.92 Å². The standard InChI is InChI=1S/C12H20O2.C11H18O2.C8H15NO2.C8H14O2.C6H12O3.C5H9ClO3/c1-11(2)8-4-5-9(11)7-12(3,6-8)10(13)14;1-10(2)7-4-8(10)6-11(3,5-7)9(12)13;1-8(7(10)11)3-5-9(2)6-4-8;1-8(7(9)10)5-3-2-4-6-8;1-3-6(2,4-7)5(8)9;1-5(2-6,3-7)4(8)9/h8-9H,4-7H2,1-3H3,(H,13,14);7-8H,4-6H2,1-3H3,(H,12,13);3-6H2,1-2H3,(H,10,11);2-6H2,1H3,(H,9,10);7H,3-4H2,1-2H3,(H,8,9);7H,2-3H2,1H3,(H,8,9). The van der Waals surface area contributed by atoms with E-state index < -0.39 is 74.9 Å². The summed E-state index contributed by atoms with van der Waals surface area (Å²) < 4.78 is 0. The Morgan fingerprint density at radius 1 is 0.530 bits per heavy atom. The minimum atomic E-state index is -1.18. The molecular weight excluding hydrogens is 874 g/mol. The summed E-state index contributed by atoms with van der Waals surface area (Å²) >= 11 is 5.26. The second kappa shape index (κ2) is 24.0. The second-order valence-electron chi connectivity index (χ2n) is 23.4. The van der Waals surface area contributed by atoms with E-state index in [-0.39, 0.29) is 12.5 Å². The van der Waals surface area contributed by atoms with Gasteiger partial charge in [-0.3, -0.25) is 28.8 Å². The average Bonchev–Trinajstić information content (AvgIpc) is 3.38. The van der Waals surface area contributed by atoms with Crippen LogP contribution in [0.2, 0.25) is 0 Å². The Kier molecular flexibility index (Phi) is 22.2. The van der Waals surface area contributed by atoms with Crippen LogP contribution in [-0.2, 0) is 28.8 Å². The first kappa shape index (κ1) is 61.0. The molecule has 0 radical (unpaired) electrons. The Morgan fingerprint density at radius 2 is 0.848 bits per heavy atom. The van der Waals surface area contributed by atoms with Gasteiger partial charge in [0.1, 0.15) is 5.41 Å². The molecule has 384 valence electrons. The van der Waals surface area contributed by atoms with Gasteiger partial charge in [-0.1, -0.05) is 53.9 Å². The summed E-state index contributed by atoms with van der Waals surface area (Å²) in [5.74, 6) is -1.99. The molecule has 0 aromatic rings. The topological polar surface area (TPSA) is 267 Å². The van der Waals surface area contributed by atoms with Gasteiger partial charge in [-0.15, -0.1) is 11.6 Å². The van der Waals surface area contributed by atoms with E-state index in [9.17, 15) is 33.9 Å². The highest BCUT2D eigenvalue weighted by Crippen LogP contribution is 2.64. The molecule has 15 nitrogen and oxygen atoms in total. The van der Waals surface area contributed by atoms with Crippen LogP contribution in [0.25, 0.3) is 0 Å². The fourth-order valence-corrected chi connectivity index (χ4v) is 10.3. The Balaban J connectivity index is 0.000000400. The number of carboxylic acids is 6. The van der Waals surface area contributed by atoms with Crippen LogP contribution in [0, 0.1) is 67.0 Å². The summed E-state index contributed by atoms with van der Waals surface area (Å²) in [6.45, 7) is 22.5. The second-order valence-corrected chi connectivity index (χ2v) is 23.7. The molecule has 7 aliphatic rings. The molecule has 7 fully saturated rings. The third-order valence-electron chi connectivity index (χ3n) is 17.3. The lowest BCUT2D eigenvalue weighted by atomic mass is 9.43. The summed E-state index contributed by atoms with van der Waals surface area (Å²) in [4.78, 5) is 66.4. The summed E-state index contributed by atoms with van der Waals surface area (Å²) in [7, 11) is 2.03. The minimum Gasteiger partial charge on any atom is -0.481 e. The number of likely N-dealkylation sites (tertiary alicyclic amines) is 1. The normalized spacial score (nSPS) is 31.1. The van der Waals surface area contributed by atoms with Gasteiger partial charge in [0, 0.05) is 5.88 Å². The Bertz CT molecular complexity index is 1580. The molecule has 0 spiro atoms. The van der Waals surface area contributed by atoms with Gasteiger partial charge in [0.05, 0.1) is 40.3 Å². The molecule has 7 rings (SSSR count). The lowest BCUT2D eigenvalue weighted by Gasteiger charge is -2.61. The number of piperidine rings is 1. The fourth-order valence-electron chi connectivity index (χ4n) is 10.1. The van der Waals surface area contributed by atoms with E-state index >= 15 is 0 Å². The molecule has 6 aliphatic carbocycles. The van der Waals surface area contributed by atoms with Crippen LogP contribution in [0.15, 0.2) is 0 Å². The molecule has 1 heterocycles. The number of hydrogen-bond donors (Lipinski definition) is 8. The maximum atomic E-state index is 11.2. The van der Waals surface area contributed by atoms with Gasteiger partial charge in [0.2, 0.25) is 0 Å². The van der Waals surface area contributed by atoms with Gasteiger partial charge in [0.25, 0.3) is 0 Å². The number of rotatable bonds is 10. The molecule has 6 unspecified atom stereocenters. The van der Waals surface area contributed by atoms with Crippen molar-refractivity contribution in [3.8, 4) is 0 Å². The van der Waals surface area contributed by atoms with Crippen LogP contribution in [0.1, 0.15) is 172 Å². The largest absolute Gasteiger partial charge is 0.481 e. The van der Waals surface area contributed by atoms with Gasteiger partial charge in [-0.25, -0.2) is 0 Å². The maximum absolute atomic E-state index is 11.2. The van der Waals surface area contributed by atoms with Crippen molar-refractivity contribution in [2.75, 3.05) is 39.2 Å². The van der Waals surface area contributed by atoms with Gasteiger partial charge in [-0.2, -0.15) is 0 Å². The average molecular weight is 963 g/mol. The zero-order chi connectivity index (χ0) is 51.5. The highest BCUT2D eigenvalue weighted by Gasteiger charge is 2.58. The van der Waals surface area contributed by atoms with Crippen molar-refractivity contribution in [3.63, 3.8) is 0 Å². The molecule has 1 aliphatic heterocycles. The molecule has 6 atom stereocenters. The Hall–Kier alpha value is -3.01. The molecule has 4 bridgehead atoms. The number of carbonyl (C=O) groups is 6. The Morgan fingerprint density at radius 3 is 1.08 bits per heavy atom. The van der Waals surface area contributed by atoms with E-state index in [0.29, 0.717) is 40.9 Å². The zero-order valence-corrected chi connectivity index (χ0v) is 43.1. The molecule has 1 saturated heterocycles. The van der Waals surface area contributed by atoms with Crippen molar-refractivity contribution in [1.29, 1.82) is 0 Å². The molecule has 0 aromatic heterocycles. The SMILES string of the molecule is CC(CO)(CCl)C(=O)O.CC1(C(=O)O)CC2CC(C1)C2(C)C.CC1(C(=O)O)CC2CCC(C1)C2(C)C.CC1(C(=O)O)CCCCC1.CCC(C)(CO)C(=O)O.CN1CCC(C)(C(=O)O)CC1. The zero-order valence-electron chi connectivity index (χ0n) is 42.3. The van der Waals surface area contributed by atoms with E-state index in [2.05, 4.69) is 32.6 Å². The van der Waals surface area contributed by atoms with Crippen molar-refractivity contribution in [1.82, 2.24) is 4.90 Å². The monoisotopic (exact) mass is 962 g/mol. The number of aliphatic carboxylic acids is 6. The lowest BCUT2D eigenvalue weighted by molar-refractivity contribution is -0.171. The van der Waals surface area contributed by atoms with E-state index in [4.69, 9.17) is 47.3 Å². The van der Waals surface area contributed by atoms with Gasteiger partial charge < -0.3 is 45.8 Å². The number of carboxylic acid groups (broad SMARTS) is 6. The predicted octanol–water partition coefficient (Wildman–Crippen LogP) is 9.09. The van der Waals surface area contributed by atoms with Crippen LogP contribution in [0.5, 0.6) is 0 Å². The van der Waals surface area contributed by atoms with Crippen LogP contribution in [-0.4, -0.2) is 121 Å². The molecular formula is C50H88ClNO14. The number of aliphatic hydroxyl groups excluding tert-OH is 2. The molecule has 8 N–H and O–H groups in total. The van der Waals surface area contributed by atoms with Crippen LogP contribution in [0.3, 0.4) is 0 Å². The molecule has 6 saturated carbocycles. The van der Waals surface area contributed by atoms with Crippen molar-refractivity contribution in [2.45, 2.75) is 172 Å². The number of hydrogen-bond acceptors (Lipinski definition) is 9. The van der Waals surface area contributed by atoms with E-state index in [0.717, 1.165) is 77.3 Å². The summed E-state index contributed by atoms with van der Waals surface area (Å²) in [6, 6.07) is 0. The first-order valence-electron chi connectivity index (χ1n) is 23.9. The third kappa shape index (κ3) is 15.2. The molecule has 16 heteroatoms. The van der Waals surface area contributed by atoms with Gasteiger partial charge in [-0.05, 0) is 173 Å². The first-order chi connectivity index (χ1) is 30.0.